The van der Waals surface area contributed by atoms with E-state index < -0.39 is 0 Å². The van der Waals surface area contributed by atoms with Gasteiger partial charge in [-0.05, 0) is 25.3 Å². The van der Waals surface area contributed by atoms with Crippen LogP contribution < -0.4 is 5.32 Å². The van der Waals surface area contributed by atoms with Crippen molar-refractivity contribution in [3.05, 3.63) is 33.8 Å². The number of hydrogen-bond donors (Lipinski definition) is 1. The first-order valence-electron chi connectivity index (χ1n) is 6.47. The molecule has 6 heteroatoms. The van der Waals surface area contributed by atoms with Crippen LogP contribution in [0.15, 0.2) is 17.5 Å². The Balaban J connectivity index is 2.05. The quantitative estimate of drug-likeness (QED) is 0.889. The maximum Gasteiger partial charge on any atom is 0.229 e. The first-order valence-corrected chi connectivity index (χ1v) is 7.35. The van der Waals surface area contributed by atoms with E-state index in [0.29, 0.717) is 19.6 Å². The fourth-order valence-corrected chi connectivity index (χ4v) is 2.73. The highest BCUT2D eigenvalue weighted by atomic mass is 32.1. The number of nitrogens with one attached hydrogen (secondary N) is 1. The number of aromatic nitrogens is 2. The van der Waals surface area contributed by atoms with Gasteiger partial charge in [0, 0.05) is 12.0 Å². The second kappa shape index (κ2) is 6.67. The Hall–Kier alpha value is -1.66. The summed E-state index contributed by atoms with van der Waals surface area (Å²) in [4.78, 5) is 13.1. The number of thiophene rings is 1. The number of ether oxygens (including phenoxy) is 1. The maximum atomic E-state index is 12.0. The molecule has 0 saturated carbocycles. The number of aryl methyl sites for hydroxylation is 1. The number of anilines is 1. The van der Waals surface area contributed by atoms with Gasteiger partial charge in [-0.2, -0.15) is 5.10 Å². The van der Waals surface area contributed by atoms with Gasteiger partial charge in [0.2, 0.25) is 5.91 Å². The Kier molecular flexibility index (Phi) is 4.92. The molecular formula is C14H19N3O2S. The fraction of sp³-hybridized carbons (Fsp3) is 0.429. The molecule has 0 aromatic carbocycles. The van der Waals surface area contributed by atoms with Crippen molar-refractivity contribution in [2.45, 2.75) is 26.8 Å². The van der Waals surface area contributed by atoms with E-state index in [1.54, 1.807) is 18.4 Å². The molecule has 0 aliphatic carbocycles. The maximum absolute atomic E-state index is 12.0. The molecule has 1 N–H and O–H groups in total. The standard InChI is InChI=1S/C14H19N3O2S/c1-10-14(11(2)17(16-10)6-7-19-3)15-13(18)9-12-5-4-8-20-12/h4-5,8H,6-7,9H2,1-3H3,(H,15,18). The summed E-state index contributed by atoms with van der Waals surface area (Å²) in [5.74, 6) is -0.00931. The average molecular weight is 293 g/mol. The van der Waals surface area contributed by atoms with Gasteiger partial charge in [-0.1, -0.05) is 6.07 Å². The lowest BCUT2D eigenvalue weighted by molar-refractivity contribution is -0.115. The predicted octanol–water partition coefficient (Wildman–Crippen LogP) is 2.39. The molecular weight excluding hydrogens is 274 g/mol. The minimum Gasteiger partial charge on any atom is -0.383 e. The second-order valence-electron chi connectivity index (χ2n) is 4.57. The Morgan fingerprint density at radius 1 is 1.50 bits per heavy atom. The van der Waals surface area contributed by atoms with Gasteiger partial charge in [0.15, 0.2) is 0 Å². The minimum absolute atomic E-state index is 0.00931. The van der Waals surface area contributed by atoms with Crippen molar-refractivity contribution in [1.82, 2.24) is 9.78 Å². The van der Waals surface area contributed by atoms with Crippen LogP contribution in [0.5, 0.6) is 0 Å². The van der Waals surface area contributed by atoms with Crippen molar-refractivity contribution in [3.63, 3.8) is 0 Å². The summed E-state index contributed by atoms with van der Waals surface area (Å²) in [7, 11) is 1.66. The number of nitrogens with zero attached hydrogens (tertiary/aromatic N) is 2. The van der Waals surface area contributed by atoms with Crippen LogP contribution in [0.25, 0.3) is 0 Å². The Labute approximate surface area is 122 Å². The van der Waals surface area contributed by atoms with Gasteiger partial charge in [0.25, 0.3) is 0 Å². The number of amides is 1. The molecule has 1 amide bonds. The molecule has 0 saturated heterocycles. The Bertz CT molecular complexity index is 576. The van der Waals surface area contributed by atoms with Crippen molar-refractivity contribution in [2.75, 3.05) is 19.0 Å². The Morgan fingerprint density at radius 3 is 2.95 bits per heavy atom. The van der Waals surface area contributed by atoms with E-state index in [4.69, 9.17) is 4.74 Å². The zero-order chi connectivity index (χ0) is 14.5. The summed E-state index contributed by atoms with van der Waals surface area (Å²) >= 11 is 1.59. The van der Waals surface area contributed by atoms with Crippen LogP contribution in [-0.4, -0.2) is 29.4 Å². The summed E-state index contributed by atoms with van der Waals surface area (Å²) in [6.07, 6.45) is 0.403. The fourth-order valence-electron chi connectivity index (χ4n) is 2.03. The number of carbonyl (C=O) groups is 1. The summed E-state index contributed by atoms with van der Waals surface area (Å²) < 4.78 is 6.92. The van der Waals surface area contributed by atoms with Crippen LogP contribution in [-0.2, 0) is 22.5 Å². The molecule has 2 aromatic rings. The molecule has 0 radical (unpaired) electrons. The third kappa shape index (κ3) is 3.46. The smallest absolute Gasteiger partial charge is 0.229 e. The monoisotopic (exact) mass is 293 g/mol. The normalized spacial score (nSPS) is 10.8. The zero-order valence-electron chi connectivity index (χ0n) is 12.0. The molecule has 2 rings (SSSR count). The van der Waals surface area contributed by atoms with Crippen molar-refractivity contribution < 1.29 is 9.53 Å². The molecule has 2 aromatic heterocycles. The van der Waals surface area contributed by atoms with Gasteiger partial charge >= 0.3 is 0 Å². The van der Waals surface area contributed by atoms with Crippen LogP contribution in [0.3, 0.4) is 0 Å². The Morgan fingerprint density at radius 2 is 2.30 bits per heavy atom. The first-order chi connectivity index (χ1) is 9.61. The number of carbonyl (C=O) groups excluding carboxylic acids is 1. The lowest BCUT2D eigenvalue weighted by Crippen LogP contribution is -2.15. The zero-order valence-corrected chi connectivity index (χ0v) is 12.8. The highest BCUT2D eigenvalue weighted by Gasteiger charge is 2.14. The summed E-state index contributed by atoms with van der Waals surface area (Å²) in [5, 5.41) is 9.35. The topological polar surface area (TPSA) is 56.1 Å². The van der Waals surface area contributed by atoms with Crippen molar-refractivity contribution >= 4 is 22.9 Å². The van der Waals surface area contributed by atoms with Crippen LogP contribution in [0.4, 0.5) is 5.69 Å². The van der Waals surface area contributed by atoms with E-state index in [9.17, 15) is 4.79 Å². The van der Waals surface area contributed by atoms with Gasteiger partial charge < -0.3 is 10.1 Å². The lowest BCUT2D eigenvalue weighted by atomic mass is 10.2. The van der Waals surface area contributed by atoms with Crippen molar-refractivity contribution in [1.29, 1.82) is 0 Å². The first kappa shape index (κ1) is 14.7. The van der Waals surface area contributed by atoms with Gasteiger partial charge in [-0.3, -0.25) is 9.48 Å². The van der Waals surface area contributed by atoms with Gasteiger partial charge in [-0.25, -0.2) is 0 Å². The molecule has 2 heterocycles. The second-order valence-corrected chi connectivity index (χ2v) is 5.60. The third-order valence-corrected chi connectivity index (χ3v) is 3.94. The van der Waals surface area contributed by atoms with Gasteiger partial charge in [-0.15, -0.1) is 11.3 Å². The van der Waals surface area contributed by atoms with Crippen LogP contribution in [0.1, 0.15) is 16.3 Å². The molecule has 108 valence electrons. The largest absolute Gasteiger partial charge is 0.383 e. The molecule has 20 heavy (non-hydrogen) atoms. The highest BCUT2D eigenvalue weighted by Crippen LogP contribution is 2.20. The van der Waals surface area contributed by atoms with Crippen molar-refractivity contribution in [3.8, 4) is 0 Å². The van der Waals surface area contributed by atoms with Crippen LogP contribution in [0, 0.1) is 13.8 Å². The average Bonchev–Trinajstić information content (AvgIpc) is 3.00. The van der Waals surface area contributed by atoms with Crippen molar-refractivity contribution in [2.24, 2.45) is 0 Å². The molecule has 5 nitrogen and oxygen atoms in total. The molecule has 0 aliphatic heterocycles. The van der Waals surface area contributed by atoms with Gasteiger partial charge in [0.1, 0.15) is 0 Å². The van der Waals surface area contributed by atoms with E-state index in [1.165, 1.54) is 0 Å². The van der Waals surface area contributed by atoms with E-state index in [-0.39, 0.29) is 5.91 Å². The van der Waals surface area contributed by atoms with E-state index in [0.717, 1.165) is 22.0 Å². The molecule has 0 atom stereocenters. The molecule has 0 spiro atoms. The molecule has 0 fully saturated rings. The minimum atomic E-state index is -0.00931. The molecule has 0 bridgehead atoms. The predicted molar refractivity (Wildman–Crippen MR) is 80.2 cm³/mol. The van der Waals surface area contributed by atoms with E-state index in [1.807, 2.05) is 36.0 Å². The third-order valence-electron chi connectivity index (χ3n) is 3.07. The molecule has 0 unspecified atom stereocenters. The SMILES string of the molecule is COCCn1nc(C)c(NC(=O)Cc2cccs2)c1C. The summed E-state index contributed by atoms with van der Waals surface area (Å²) in [6.45, 7) is 5.14. The van der Waals surface area contributed by atoms with E-state index in [2.05, 4.69) is 10.4 Å². The number of hydrogen-bond acceptors (Lipinski definition) is 4. The summed E-state index contributed by atoms with van der Waals surface area (Å²) in [6, 6.07) is 3.92. The number of methoxy groups -OCH3 is 1. The number of rotatable bonds is 6. The summed E-state index contributed by atoms with van der Waals surface area (Å²) in [5.41, 5.74) is 2.60. The highest BCUT2D eigenvalue weighted by molar-refractivity contribution is 7.10. The lowest BCUT2D eigenvalue weighted by Gasteiger charge is -2.06. The van der Waals surface area contributed by atoms with Gasteiger partial charge in [0.05, 0.1) is 36.6 Å². The molecule has 0 aliphatic rings. The van der Waals surface area contributed by atoms with Crippen LogP contribution in [0.2, 0.25) is 0 Å². The van der Waals surface area contributed by atoms with E-state index >= 15 is 0 Å². The van der Waals surface area contributed by atoms with Crippen LogP contribution >= 0.6 is 11.3 Å².